The fourth-order valence-electron chi connectivity index (χ4n) is 1.64. The molecule has 0 bridgehead atoms. The van der Waals surface area contributed by atoms with Crippen molar-refractivity contribution in [2.45, 2.75) is 32.9 Å². The van der Waals surface area contributed by atoms with Crippen LogP contribution in [0.25, 0.3) is 0 Å². The number of carbonyl (C=O) groups excluding carboxylic acids is 1. The number of ether oxygens (including phenoxy) is 1. The van der Waals surface area contributed by atoms with E-state index >= 15 is 0 Å². The fourth-order valence-corrected chi connectivity index (χ4v) is 1.64. The Morgan fingerprint density at radius 3 is 2.45 bits per heavy atom. The van der Waals surface area contributed by atoms with Gasteiger partial charge in [-0.2, -0.15) is 13.2 Å². The summed E-state index contributed by atoms with van der Waals surface area (Å²) < 4.78 is 68.1. The van der Waals surface area contributed by atoms with Crippen molar-refractivity contribution in [2.75, 3.05) is 6.61 Å². The summed E-state index contributed by atoms with van der Waals surface area (Å²) in [6, 6.07) is 0.335. The number of nitrogens with zero attached hydrogens (tertiary/aromatic N) is 1. The van der Waals surface area contributed by atoms with Crippen molar-refractivity contribution in [3.63, 3.8) is 0 Å². The third-order valence-corrected chi connectivity index (χ3v) is 2.48. The number of aromatic nitrogens is 1. The number of aryl methyl sites for hydroxylation is 1. The monoisotopic (exact) mass is 297 g/mol. The normalized spacial score (nSPS) is 11.8. The highest BCUT2D eigenvalue weighted by Gasteiger charge is 2.35. The lowest BCUT2D eigenvalue weighted by atomic mass is 10.1. The van der Waals surface area contributed by atoms with Crippen LogP contribution in [0.1, 0.15) is 35.9 Å². The van der Waals surface area contributed by atoms with E-state index in [4.69, 9.17) is 0 Å². The van der Waals surface area contributed by atoms with Gasteiger partial charge < -0.3 is 4.74 Å². The molecular formula is C12H12F5NO2. The second-order valence-corrected chi connectivity index (χ2v) is 3.94. The quantitative estimate of drug-likeness (QED) is 0.631. The van der Waals surface area contributed by atoms with Crippen molar-refractivity contribution < 1.29 is 31.5 Å². The molecule has 0 saturated heterocycles. The van der Waals surface area contributed by atoms with Crippen molar-refractivity contribution in [1.29, 1.82) is 0 Å². The molecule has 0 fully saturated rings. The van der Waals surface area contributed by atoms with Crippen LogP contribution in [0.3, 0.4) is 0 Å². The Morgan fingerprint density at radius 1 is 1.40 bits per heavy atom. The van der Waals surface area contributed by atoms with E-state index in [1.807, 2.05) is 0 Å². The molecule has 1 heterocycles. The van der Waals surface area contributed by atoms with Gasteiger partial charge >= 0.3 is 12.1 Å². The van der Waals surface area contributed by atoms with E-state index in [-0.39, 0.29) is 6.61 Å². The van der Waals surface area contributed by atoms with Crippen LogP contribution in [0, 0.1) is 6.92 Å². The minimum Gasteiger partial charge on any atom is -0.466 e. The lowest BCUT2D eigenvalue weighted by molar-refractivity contribution is -0.142. The Bertz CT molecular complexity index is 499. The molecule has 8 heteroatoms. The van der Waals surface area contributed by atoms with Crippen LogP contribution >= 0.6 is 0 Å². The molecule has 0 amide bonds. The summed E-state index contributed by atoms with van der Waals surface area (Å²) in [5.41, 5.74) is -3.00. The minimum absolute atomic E-state index is 0.0441. The number of pyridine rings is 1. The molecule has 0 saturated carbocycles. The number of rotatable bonds is 4. The van der Waals surface area contributed by atoms with Crippen LogP contribution in [0.4, 0.5) is 22.0 Å². The molecule has 0 N–H and O–H groups in total. The van der Waals surface area contributed by atoms with Gasteiger partial charge in [-0.15, -0.1) is 0 Å². The molecule has 1 aromatic rings. The van der Waals surface area contributed by atoms with Crippen LogP contribution in [0.15, 0.2) is 6.07 Å². The molecule has 0 aliphatic rings. The van der Waals surface area contributed by atoms with Crippen molar-refractivity contribution in [2.24, 2.45) is 0 Å². The van der Waals surface area contributed by atoms with Crippen molar-refractivity contribution in [1.82, 2.24) is 4.98 Å². The molecule has 0 aliphatic heterocycles. The van der Waals surface area contributed by atoms with E-state index in [0.717, 1.165) is 6.92 Å². The van der Waals surface area contributed by atoms with E-state index in [1.165, 1.54) is 6.92 Å². The van der Waals surface area contributed by atoms with Gasteiger partial charge in [0, 0.05) is 11.3 Å². The van der Waals surface area contributed by atoms with E-state index in [1.54, 1.807) is 0 Å². The zero-order valence-electron chi connectivity index (χ0n) is 10.7. The second kappa shape index (κ2) is 6.15. The standard InChI is InChI=1S/C12H12F5NO2/c1-3-20-10(19)5-9-7(11(13)14)4-8(6(2)18-9)12(15,16)17/h4,11H,3,5H2,1-2H3. The molecule has 0 aliphatic carbocycles. The third kappa shape index (κ3) is 3.88. The van der Waals surface area contributed by atoms with Gasteiger partial charge in [0.1, 0.15) is 0 Å². The summed E-state index contributed by atoms with van der Waals surface area (Å²) >= 11 is 0. The van der Waals surface area contributed by atoms with Crippen molar-refractivity contribution in [3.05, 3.63) is 28.6 Å². The summed E-state index contributed by atoms with van der Waals surface area (Å²) in [5.74, 6) is -0.818. The van der Waals surface area contributed by atoms with Crippen molar-refractivity contribution in [3.8, 4) is 0 Å². The van der Waals surface area contributed by atoms with Crippen LogP contribution in [0.5, 0.6) is 0 Å². The molecule has 1 aromatic heterocycles. The number of carbonyl (C=O) groups is 1. The Labute approximate surface area is 111 Å². The maximum atomic E-state index is 12.8. The lowest BCUT2D eigenvalue weighted by Gasteiger charge is -2.14. The number of hydrogen-bond donors (Lipinski definition) is 0. The first-order valence-electron chi connectivity index (χ1n) is 5.68. The Balaban J connectivity index is 3.25. The minimum atomic E-state index is -4.77. The molecule has 1 rings (SSSR count). The van der Waals surface area contributed by atoms with Gasteiger partial charge in [0.25, 0.3) is 6.43 Å². The molecule has 112 valence electrons. The van der Waals surface area contributed by atoms with Gasteiger partial charge in [0.15, 0.2) is 0 Å². The first kappa shape index (κ1) is 16.3. The zero-order valence-corrected chi connectivity index (χ0v) is 10.7. The number of alkyl halides is 5. The van der Waals surface area contributed by atoms with Gasteiger partial charge in [0.2, 0.25) is 0 Å². The smallest absolute Gasteiger partial charge is 0.418 e. The Morgan fingerprint density at radius 2 is 2.00 bits per heavy atom. The number of hydrogen-bond acceptors (Lipinski definition) is 3. The highest BCUT2D eigenvalue weighted by atomic mass is 19.4. The van der Waals surface area contributed by atoms with Gasteiger partial charge in [-0.25, -0.2) is 8.78 Å². The number of esters is 1. The Hall–Kier alpha value is -1.73. The van der Waals surface area contributed by atoms with Crippen LogP contribution < -0.4 is 0 Å². The topological polar surface area (TPSA) is 39.2 Å². The summed E-state index contributed by atoms with van der Waals surface area (Å²) in [7, 11) is 0. The average Bonchev–Trinajstić information content (AvgIpc) is 2.26. The molecule has 0 radical (unpaired) electrons. The van der Waals surface area contributed by atoms with E-state index in [0.29, 0.717) is 6.07 Å². The number of halogens is 5. The lowest BCUT2D eigenvalue weighted by Crippen LogP contribution is -2.16. The first-order valence-corrected chi connectivity index (χ1v) is 5.68. The summed E-state index contributed by atoms with van der Waals surface area (Å²) in [5, 5.41) is 0. The highest BCUT2D eigenvalue weighted by molar-refractivity contribution is 5.72. The zero-order chi connectivity index (χ0) is 15.5. The highest BCUT2D eigenvalue weighted by Crippen LogP contribution is 2.34. The molecule has 0 aromatic carbocycles. The molecule has 0 spiro atoms. The van der Waals surface area contributed by atoms with Crippen LogP contribution in [0.2, 0.25) is 0 Å². The maximum Gasteiger partial charge on any atom is 0.418 e. The fraction of sp³-hybridized carbons (Fsp3) is 0.500. The van der Waals surface area contributed by atoms with Gasteiger partial charge in [-0.1, -0.05) is 0 Å². The predicted molar refractivity (Wildman–Crippen MR) is 59.3 cm³/mol. The van der Waals surface area contributed by atoms with Crippen molar-refractivity contribution >= 4 is 5.97 Å². The van der Waals surface area contributed by atoms with Gasteiger partial charge in [-0.3, -0.25) is 9.78 Å². The summed E-state index contributed by atoms with van der Waals surface area (Å²) in [4.78, 5) is 14.7. The van der Waals surface area contributed by atoms with Crippen LogP contribution in [-0.2, 0) is 22.1 Å². The molecule has 0 unspecified atom stereocenters. The predicted octanol–water partition coefficient (Wildman–Crippen LogP) is 3.45. The second-order valence-electron chi connectivity index (χ2n) is 3.94. The average molecular weight is 297 g/mol. The van der Waals surface area contributed by atoms with Crippen LogP contribution in [-0.4, -0.2) is 17.6 Å². The third-order valence-electron chi connectivity index (χ3n) is 2.48. The Kier molecular flexibility index (Phi) is 5.02. The molecular weight excluding hydrogens is 285 g/mol. The summed E-state index contributed by atoms with van der Waals surface area (Å²) in [6.45, 7) is 2.62. The molecule has 0 atom stereocenters. The van der Waals surface area contributed by atoms with E-state index < -0.39 is 47.5 Å². The largest absolute Gasteiger partial charge is 0.466 e. The summed E-state index contributed by atoms with van der Waals surface area (Å²) in [6.07, 6.45) is -8.52. The van der Waals surface area contributed by atoms with E-state index in [2.05, 4.69) is 9.72 Å². The first-order chi connectivity index (χ1) is 9.16. The SMILES string of the molecule is CCOC(=O)Cc1nc(C)c(C(F)(F)F)cc1C(F)F. The van der Waals surface area contributed by atoms with E-state index in [9.17, 15) is 26.7 Å². The molecule has 3 nitrogen and oxygen atoms in total. The molecule has 20 heavy (non-hydrogen) atoms. The van der Waals surface area contributed by atoms with Gasteiger partial charge in [0.05, 0.1) is 24.3 Å². The van der Waals surface area contributed by atoms with Gasteiger partial charge in [-0.05, 0) is 19.9 Å². The maximum absolute atomic E-state index is 12.8.